The van der Waals surface area contributed by atoms with Crippen LogP contribution in [0.25, 0.3) is 5.65 Å². The summed E-state index contributed by atoms with van der Waals surface area (Å²) < 4.78 is 2.04. The van der Waals surface area contributed by atoms with Crippen LogP contribution in [-0.2, 0) is 11.3 Å². The van der Waals surface area contributed by atoms with Gasteiger partial charge in [0.15, 0.2) is 0 Å². The van der Waals surface area contributed by atoms with E-state index >= 15 is 0 Å². The maximum Gasteiger partial charge on any atom is 0.236 e. The number of pyridine rings is 1. The Bertz CT molecular complexity index is 660. The molecule has 1 aliphatic heterocycles. The van der Waals surface area contributed by atoms with Crippen LogP contribution in [-0.4, -0.2) is 64.9 Å². The molecule has 0 bridgehead atoms. The summed E-state index contributed by atoms with van der Waals surface area (Å²) in [5, 5.41) is 3.26. The molecule has 22 heavy (non-hydrogen) atoms. The second kappa shape index (κ2) is 6.46. The first kappa shape index (κ1) is 15.0. The molecule has 6 nitrogen and oxygen atoms in total. The van der Waals surface area contributed by atoms with Crippen molar-refractivity contribution < 1.29 is 4.79 Å². The maximum atomic E-state index is 12.2. The topological polar surface area (TPSA) is 52.9 Å². The Morgan fingerprint density at radius 2 is 2.09 bits per heavy atom. The Labute approximate surface area is 130 Å². The van der Waals surface area contributed by atoms with Gasteiger partial charge in [0.05, 0.1) is 12.2 Å². The minimum atomic E-state index is 0.198. The minimum Gasteiger partial charge on any atom is -0.339 e. The van der Waals surface area contributed by atoms with Crippen molar-refractivity contribution in [2.45, 2.75) is 13.5 Å². The van der Waals surface area contributed by atoms with Crippen molar-refractivity contribution in [3.05, 3.63) is 35.8 Å². The number of amides is 1. The number of nitrogens with one attached hydrogen (secondary N) is 1. The highest BCUT2D eigenvalue weighted by molar-refractivity contribution is 5.78. The quantitative estimate of drug-likeness (QED) is 0.894. The van der Waals surface area contributed by atoms with Crippen LogP contribution >= 0.6 is 0 Å². The summed E-state index contributed by atoms with van der Waals surface area (Å²) in [4.78, 5) is 20.8. The molecule has 0 aliphatic carbocycles. The van der Waals surface area contributed by atoms with Gasteiger partial charge in [-0.1, -0.05) is 6.07 Å². The molecule has 1 N–H and O–H groups in total. The first-order chi connectivity index (χ1) is 10.6. The summed E-state index contributed by atoms with van der Waals surface area (Å²) in [6, 6.07) is 4.08. The Morgan fingerprint density at radius 3 is 2.86 bits per heavy atom. The number of carbonyl (C=O) groups excluding carboxylic acids is 1. The van der Waals surface area contributed by atoms with Gasteiger partial charge in [0.25, 0.3) is 0 Å². The second-order valence-electron chi connectivity index (χ2n) is 6.01. The molecule has 118 valence electrons. The Morgan fingerprint density at radius 1 is 1.32 bits per heavy atom. The van der Waals surface area contributed by atoms with E-state index in [-0.39, 0.29) is 5.91 Å². The van der Waals surface area contributed by atoms with Crippen LogP contribution in [0.2, 0.25) is 0 Å². The van der Waals surface area contributed by atoms with E-state index in [1.54, 1.807) is 0 Å². The number of carbonyl (C=O) groups is 1. The number of aryl methyl sites for hydroxylation is 1. The fraction of sp³-hybridized carbons (Fsp3) is 0.500. The largest absolute Gasteiger partial charge is 0.339 e. The fourth-order valence-electron chi connectivity index (χ4n) is 2.81. The highest BCUT2D eigenvalue weighted by Gasteiger charge is 2.18. The summed E-state index contributed by atoms with van der Waals surface area (Å²) in [6.07, 6.45) is 4.10. The van der Waals surface area contributed by atoms with Gasteiger partial charge < -0.3 is 14.6 Å². The molecule has 0 atom stereocenters. The van der Waals surface area contributed by atoms with Gasteiger partial charge in [0, 0.05) is 45.1 Å². The molecule has 3 heterocycles. The van der Waals surface area contributed by atoms with E-state index in [4.69, 9.17) is 0 Å². The first-order valence-corrected chi connectivity index (χ1v) is 7.73. The summed E-state index contributed by atoms with van der Waals surface area (Å²) in [5.41, 5.74) is 3.14. The number of nitrogens with zero attached hydrogens (tertiary/aromatic N) is 4. The molecule has 0 unspecified atom stereocenters. The van der Waals surface area contributed by atoms with Gasteiger partial charge in [-0.3, -0.25) is 9.69 Å². The average Bonchev–Trinajstić information content (AvgIpc) is 2.89. The van der Waals surface area contributed by atoms with E-state index in [2.05, 4.69) is 29.5 Å². The van der Waals surface area contributed by atoms with Crippen molar-refractivity contribution in [2.24, 2.45) is 0 Å². The van der Waals surface area contributed by atoms with Crippen molar-refractivity contribution in [1.29, 1.82) is 0 Å². The predicted octanol–water partition coefficient (Wildman–Crippen LogP) is 0.506. The molecule has 1 saturated heterocycles. The van der Waals surface area contributed by atoms with Crippen molar-refractivity contribution in [2.75, 3.05) is 39.8 Å². The van der Waals surface area contributed by atoms with E-state index in [9.17, 15) is 4.79 Å². The monoisotopic (exact) mass is 301 g/mol. The lowest BCUT2D eigenvalue weighted by Gasteiger charge is -2.29. The molecule has 0 spiro atoms. The molecule has 1 aliphatic rings. The van der Waals surface area contributed by atoms with Gasteiger partial charge in [-0.2, -0.15) is 0 Å². The van der Waals surface area contributed by atoms with Gasteiger partial charge in [0.1, 0.15) is 5.65 Å². The lowest BCUT2D eigenvalue weighted by molar-refractivity contribution is -0.132. The number of rotatable bonds is 4. The Balaban J connectivity index is 1.60. The van der Waals surface area contributed by atoms with Gasteiger partial charge in [-0.25, -0.2) is 4.98 Å². The molecule has 0 aromatic carbocycles. The van der Waals surface area contributed by atoms with E-state index < -0.39 is 0 Å². The van der Waals surface area contributed by atoms with E-state index in [1.165, 1.54) is 5.56 Å². The van der Waals surface area contributed by atoms with Gasteiger partial charge >= 0.3 is 0 Å². The SMILES string of the molecule is Cc1ccc2nc(CN(C)CC(=O)N3CCNCC3)cn2c1. The lowest BCUT2D eigenvalue weighted by atomic mass is 10.3. The highest BCUT2D eigenvalue weighted by Crippen LogP contribution is 2.09. The third-order valence-electron chi connectivity index (χ3n) is 3.96. The van der Waals surface area contributed by atoms with Crippen LogP contribution in [0.3, 0.4) is 0 Å². The molecule has 2 aromatic heterocycles. The number of hydrogen-bond acceptors (Lipinski definition) is 4. The number of piperazine rings is 1. The van der Waals surface area contributed by atoms with Crippen LogP contribution in [0.5, 0.6) is 0 Å². The van der Waals surface area contributed by atoms with Crippen LogP contribution in [0.4, 0.5) is 0 Å². The third kappa shape index (κ3) is 3.45. The van der Waals surface area contributed by atoms with E-state index in [0.717, 1.165) is 37.5 Å². The van der Waals surface area contributed by atoms with Crippen molar-refractivity contribution in [3.63, 3.8) is 0 Å². The number of fused-ring (bicyclic) bond motifs is 1. The Hall–Kier alpha value is -1.92. The zero-order chi connectivity index (χ0) is 15.5. The molecular formula is C16H23N5O. The normalized spacial score (nSPS) is 15.7. The molecule has 0 saturated carbocycles. The zero-order valence-corrected chi connectivity index (χ0v) is 13.2. The zero-order valence-electron chi connectivity index (χ0n) is 13.2. The third-order valence-corrected chi connectivity index (χ3v) is 3.96. The molecule has 0 radical (unpaired) electrons. The number of hydrogen-bond donors (Lipinski definition) is 1. The summed E-state index contributed by atoms with van der Waals surface area (Å²) in [7, 11) is 1.97. The first-order valence-electron chi connectivity index (χ1n) is 7.73. The fourth-order valence-corrected chi connectivity index (χ4v) is 2.81. The minimum absolute atomic E-state index is 0.198. The lowest BCUT2D eigenvalue weighted by Crippen LogP contribution is -2.49. The standard InChI is InChI=1S/C16H23N5O/c1-13-3-4-15-18-14(11-21(15)9-13)10-19(2)12-16(22)20-7-5-17-6-8-20/h3-4,9,11,17H,5-8,10,12H2,1-2H3. The molecular weight excluding hydrogens is 278 g/mol. The van der Waals surface area contributed by atoms with Crippen LogP contribution in [0, 0.1) is 6.92 Å². The number of aromatic nitrogens is 2. The summed E-state index contributed by atoms with van der Waals surface area (Å²) >= 11 is 0. The second-order valence-corrected chi connectivity index (χ2v) is 6.01. The number of likely N-dealkylation sites (N-methyl/N-ethyl adjacent to an activating group) is 1. The smallest absolute Gasteiger partial charge is 0.236 e. The van der Waals surface area contributed by atoms with Crippen molar-refractivity contribution in [3.8, 4) is 0 Å². The molecule has 1 fully saturated rings. The molecule has 2 aromatic rings. The average molecular weight is 301 g/mol. The Kier molecular flexibility index (Phi) is 4.40. The van der Waals surface area contributed by atoms with E-state index in [0.29, 0.717) is 13.1 Å². The molecule has 1 amide bonds. The predicted molar refractivity (Wildman–Crippen MR) is 85.7 cm³/mol. The molecule has 3 rings (SSSR count). The van der Waals surface area contributed by atoms with Gasteiger partial charge in [-0.15, -0.1) is 0 Å². The van der Waals surface area contributed by atoms with Crippen molar-refractivity contribution in [1.82, 2.24) is 24.5 Å². The van der Waals surface area contributed by atoms with Crippen LogP contribution in [0.15, 0.2) is 24.5 Å². The molecule has 6 heteroatoms. The number of imidazole rings is 1. The summed E-state index contributed by atoms with van der Waals surface area (Å²) in [6.45, 7) is 6.58. The highest BCUT2D eigenvalue weighted by atomic mass is 16.2. The van der Waals surface area contributed by atoms with Crippen molar-refractivity contribution >= 4 is 11.6 Å². The van der Waals surface area contributed by atoms with E-state index in [1.807, 2.05) is 33.5 Å². The van der Waals surface area contributed by atoms with Crippen LogP contribution in [0.1, 0.15) is 11.3 Å². The van der Waals surface area contributed by atoms with Gasteiger partial charge in [0.2, 0.25) is 5.91 Å². The summed E-state index contributed by atoms with van der Waals surface area (Å²) in [5.74, 6) is 0.198. The van der Waals surface area contributed by atoms with Crippen LogP contribution < -0.4 is 5.32 Å². The maximum absolute atomic E-state index is 12.2. The van der Waals surface area contributed by atoms with Gasteiger partial charge in [-0.05, 0) is 25.6 Å².